The normalized spacial score (nSPS) is 11.1. The molecule has 0 aliphatic rings. The molecule has 0 unspecified atom stereocenters. The fourth-order valence-electron chi connectivity index (χ4n) is 1.44. The van der Waals surface area contributed by atoms with Crippen LogP contribution in [-0.2, 0) is 6.54 Å². The van der Waals surface area contributed by atoms with Crippen molar-refractivity contribution in [1.82, 2.24) is 20.5 Å². The second-order valence-corrected chi connectivity index (χ2v) is 5.23. The molecular weight excluding hydrogens is 232 g/mol. The summed E-state index contributed by atoms with van der Waals surface area (Å²) in [5.41, 5.74) is 2.06. The molecule has 0 aliphatic carbocycles. The first kappa shape index (κ1) is 12.1. The van der Waals surface area contributed by atoms with Gasteiger partial charge in [0.1, 0.15) is 10.0 Å². The van der Waals surface area contributed by atoms with Gasteiger partial charge in [-0.1, -0.05) is 25.2 Å². The van der Waals surface area contributed by atoms with Crippen molar-refractivity contribution in [3.8, 4) is 10.6 Å². The second kappa shape index (κ2) is 5.33. The van der Waals surface area contributed by atoms with E-state index in [0.29, 0.717) is 6.04 Å². The molecule has 0 aliphatic heterocycles. The minimum atomic E-state index is 0.461. The van der Waals surface area contributed by atoms with Gasteiger partial charge >= 0.3 is 0 Å². The van der Waals surface area contributed by atoms with E-state index in [1.807, 2.05) is 19.1 Å². The summed E-state index contributed by atoms with van der Waals surface area (Å²) in [5, 5.41) is 13.7. The van der Waals surface area contributed by atoms with E-state index in [9.17, 15) is 0 Å². The lowest BCUT2D eigenvalue weighted by Crippen LogP contribution is -2.21. The highest BCUT2D eigenvalue weighted by molar-refractivity contribution is 7.14. The van der Waals surface area contributed by atoms with Crippen LogP contribution in [0.4, 0.5) is 0 Å². The maximum absolute atomic E-state index is 4.26. The first-order valence-electron chi connectivity index (χ1n) is 5.64. The molecule has 0 atom stereocenters. The van der Waals surface area contributed by atoms with Gasteiger partial charge in [-0.15, -0.1) is 10.2 Å². The number of hydrogen-bond donors (Lipinski definition) is 1. The molecule has 2 aromatic heterocycles. The monoisotopic (exact) mass is 248 g/mol. The molecule has 17 heavy (non-hydrogen) atoms. The Balaban J connectivity index is 2.16. The molecule has 5 heteroatoms. The summed E-state index contributed by atoms with van der Waals surface area (Å²) in [4.78, 5) is 4.26. The number of nitrogens with one attached hydrogen (secondary N) is 1. The molecule has 4 nitrogen and oxygen atoms in total. The molecular formula is C12H16N4S. The summed E-state index contributed by atoms with van der Waals surface area (Å²) in [7, 11) is 0. The van der Waals surface area contributed by atoms with E-state index in [-0.39, 0.29) is 0 Å². The lowest BCUT2D eigenvalue weighted by molar-refractivity contribution is 0.585. The van der Waals surface area contributed by atoms with Gasteiger partial charge < -0.3 is 5.32 Å². The van der Waals surface area contributed by atoms with Crippen LogP contribution in [0.2, 0.25) is 0 Å². The van der Waals surface area contributed by atoms with Crippen molar-refractivity contribution in [3.05, 3.63) is 29.0 Å². The maximum atomic E-state index is 4.26. The van der Waals surface area contributed by atoms with E-state index in [1.54, 1.807) is 17.5 Å². The van der Waals surface area contributed by atoms with Gasteiger partial charge in [-0.3, -0.25) is 4.98 Å². The first-order chi connectivity index (χ1) is 8.16. The lowest BCUT2D eigenvalue weighted by Gasteiger charge is -2.03. The van der Waals surface area contributed by atoms with E-state index in [4.69, 9.17) is 0 Å². The van der Waals surface area contributed by atoms with Crippen LogP contribution < -0.4 is 5.32 Å². The van der Waals surface area contributed by atoms with Crippen molar-refractivity contribution >= 4 is 11.3 Å². The number of hydrogen-bond acceptors (Lipinski definition) is 5. The van der Waals surface area contributed by atoms with Crippen molar-refractivity contribution in [2.75, 3.05) is 0 Å². The van der Waals surface area contributed by atoms with E-state index in [2.05, 4.69) is 34.3 Å². The second-order valence-electron chi connectivity index (χ2n) is 4.17. The Morgan fingerprint density at radius 3 is 2.88 bits per heavy atom. The van der Waals surface area contributed by atoms with Gasteiger partial charge in [0.25, 0.3) is 0 Å². The summed E-state index contributed by atoms with van der Waals surface area (Å²) in [5.74, 6) is 0. The molecule has 90 valence electrons. The summed E-state index contributed by atoms with van der Waals surface area (Å²) in [6, 6.07) is 4.42. The van der Waals surface area contributed by atoms with Crippen LogP contribution in [0.5, 0.6) is 0 Å². The number of nitrogens with zero attached hydrogens (tertiary/aromatic N) is 3. The van der Waals surface area contributed by atoms with Crippen LogP contribution in [0.25, 0.3) is 10.6 Å². The number of rotatable bonds is 4. The molecule has 1 N–H and O–H groups in total. The summed E-state index contributed by atoms with van der Waals surface area (Å²) < 4.78 is 0. The predicted octanol–water partition coefficient (Wildman–Crippen LogP) is 2.41. The van der Waals surface area contributed by atoms with Crippen LogP contribution in [-0.4, -0.2) is 21.2 Å². The molecule has 2 rings (SSSR count). The third kappa shape index (κ3) is 3.08. The average molecular weight is 248 g/mol. The minimum absolute atomic E-state index is 0.461. The molecule has 0 aromatic carbocycles. The molecule has 0 amide bonds. The maximum Gasteiger partial charge on any atom is 0.149 e. The Morgan fingerprint density at radius 1 is 1.35 bits per heavy atom. The van der Waals surface area contributed by atoms with Gasteiger partial charge in [-0.25, -0.2) is 0 Å². The van der Waals surface area contributed by atoms with Crippen molar-refractivity contribution in [1.29, 1.82) is 0 Å². The standard InChI is InChI=1S/C12H16N4S/c1-8(2)14-7-11-15-16-12(17-11)10-5-4-6-13-9(10)3/h4-6,8,14H,7H2,1-3H3. The van der Waals surface area contributed by atoms with Gasteiger partial charge in [0.15, 0.2) is 0 Å². The topological polar surface area (TPSA) is 50.7 Å². The van der Waals surface area contributed by atoms with Crippen LogP contribution in [0, 0.1) is 6.92 Å². The predicted molar refractivity (Wildman–Crippen MR) is 69.9 cm³/mol. The molecule has 0 saturated carbocycles. The SMILES string of the molecule is Cc1ncccc1-c1nnc(CNC(C)C)s1. The third-order valence-corrected chi connectivity index (χ3v) is 3.32. The van der Waals surface area contributed by atoms with Crippen LogP contribution >= 0.6 is 11.3 Å². The Kier molecular flexibility index (Phi) is 3.81. The molecule has 0 spiro atoms. The van der Waals surface area contributed by atoms with Gasteiger partial charge in [0.05, 0.1) is 0 Å². The first-order valence-corrected chi connectivity index (χ1v) is 6.46. The zero-order valence-electron chi connectivity index (χ0n) is 10.3. The van der Waals surface area contributed by atoms with Crippen LogP contribution in [0.1, 0.15) is 24.5 Å². The highest BCUT2D eigenvalue weighted by atomic mass is 32.1. The van der Waals surface area contributed by atoms with Gasteiger partial charge in [-0.2, -0.15) is 0 Å². The molecule has 0 fully saturated rings. The van der Waals surface area contributed by atoms with E-state index >= 15 is 0 Å². The van der Waals surface area contributed by atoms with E-state index in [0.717, 1.165) is 27.8 Å². The average Bonchev–Trinajstić information content (AvgIpc) is 2.75. The van der Waals surface area contributed by atoms with Crippen molar-refractivity contribution in [2.24, 2.45) is 0 Å². The minimum Gasteiger partial charge on any atom is -0.308 e. The Bertz CT molecular complexity index is 493. The Labute approximate surface area is 105 Å². The van der Waals surface area contributed by atoms with E-state index in [1.165, 1.54) is 0 Å². The van der Waals surface area contributed by atoms with Crippen molar-refractivity contribution in [3.63, 3.8) is 0 Å². The largest absolute Gasteiger partial charge is 0.308 e. The highest BCUT2D eigenvalue weighted by Crippen LogP contribution is 2.25. The smallest absolute Gasteiger partial charge is 0.149 e. The van der Waals surface area contributed by atoms with Gasteiger partial charge in [0.2, 0.25) is 0 Å². The summed E-state index contributed by atoms with van der Waals surface area (Å²) in [6.07, 6.45) is 1.79. The zero-order chi connectivity index (χ0) is 12.3. The number of pyridine rings is 1. The summed E-state index contributed by atoms with van der Waals surface area (Å²) >= 11 is 1.62. The molecule has 0 bridgehead atoms. The zero-order valence-corrected chi connectivity index (χ0v) is 11.1. The van der Waals surface area contributed by atoms with Gasteiger partial charge in [-0.05, 0) is 19.1 Å². The fraction of sp³-hybridized carbons (Fsp3) is 0.417. The molecule has 0 radical (unpaired) electrons. The lowest BCUT2D eigenvalue weighted by atomic mass is 10.2. The van der Waals surface area contributed by atoms with Crippen LogP contribution in [0.15, 0.2) is 18.3 Å². The van der Waals surface area contributed by atoms with E-state index < -0.39 is 0 Å². The number of aromatic nitrogens is 3. The van der Waals surface area contributed by atoms with Crippen LogP contribution in [0.3, 0.4) is 0 Å². The summed E-state index contributed by atoms with van der Waals surface area (Å²) in [6.45, 7) is 7.00. The van der Waals surface area contributed by atoms with Crippen molar-refractivity contribution < 1.29 is 0 Å². The molecule has 2 heterocycles. The van der Waals surface area contributed by atoms with Crippen molar-refractivity contribution in [2.45, 2.75) is 33.4 Å². The molecule has 2 aromatic rings. The quantitative estimate of drug-likeness (QED) is 0.902. The Hall–Kier alpha value is -1.33. The molecule has 0 saturated heterocycles. The highest BCUT2D eigenvalue weighted by Gasteiger charge is 2.09. The number of aryl methyl sites for hydroxylation is 1. The fourth-order valence-corrected chi connectivity index (χ4v) is 2.30. The Morgan fingerprint density at radius 2 is 2.18 bits per heavy atom. The van der Waals surface area contributed by atoms with Gasteiger partial charge in [0, 0.05) is 30.0 Å². The third-order valence-electron chi connectivity index (χ3n) is 2.37.